The van der Waals surface area contributed by atoms with Gasteiger partial charge in [0.2, 0.25) is 11.8 Å². The number of hydrogen-bond acceptors (Lipinski definition) is 4. The maximum absolute atomic E-state index is 12.2. The fourth-order valence-electron chi connectivity index (χ4n) is 2.42. The van der Waals surface area contributed by atoms with Gasteiger partial charge in [-0.1, -0.05) is 23.7 Å². The topological polar surface area (TPSA) is 87.7 Å². The maximum Gasteiger partial charge on any atom is 0.324 e. The molecular formula is C16H20ClN3O4. The van der Waals surface area contributed by atoms with Crippen molar-refractivity contribution in [3.63, 3.8) is 0 Å². The summed E-state index contributed by atoms with van der Waals surface area (Å²) in [6.07, 6.45) is 0.197. The lowest BCUT2D eigenvalue weighted by Gasteiger charge is -2.31. The van der Waals surface area contributed by atoms with Crippen molar-refractivity contribution in [3.8, 4) is 0 Å². The van der Waals surface area contributed by atoms with Gasteiger partial charge in [-0.15, -0.1) is 0 Å². The Morgan fingerprint density at radius 1 is 1.46 bits per heavy atom. The van der Waals surface area contributed by atoms with Gasteiger partial charge in [0, 0.05) is 31.6 Å². The number of carbonyl (C=O) groups excluding carboxylic acids is 3. The zero-order valence-electron chi connectivity index (χ0n) is 13.4. The van der Waals surface area contributed by atoms with E-state index in [-0.39, 0.29) is 31.2 Å². The second-order valence-corrected chi connectivity index (χ2v) is 5.84. The zero-order chi connectivity index (χ0) is 17.5. The van der Waals surface area contributed by atoms with Crippen LogP contribution in [0.4, 0.5) is 4.79 Å². The van der Waals surface area contributed by atoms with E-state index in [4.69, 9.17) is 16.3 Å². The van der Waals surface area contributed by atoms with E-state index in [0.29, 0.717) is 18.2 Å². The Bertz CT molecular complexity index is 605. The minimum Gasteiger partial charge on any atom is -0.383 e. The molecule has 4 amide bonds. The second-order valence-electron chi connectivity index (χ2n) is 5.40. The van der Waals surface area contributed by atoms with Crippen molar-refractivity contribution in [2.24, 2.45) is 0 Å². The number of nitrogens with one attached hydrogen (secondary N) is 2. The standard InChI is InChI=1S/C16H20ClN3O4/c1-24-8-6-18-14(21)5-7-20-15(22)10-13(19-16(20)23)11-3-2-4-12(17)9-11/h2-4,9,13H,5-8,10H2,1H3,(H,18,21)(H,19,23). The van der Waals surface area contributed by atoms with Gasteiger partial charge in [0.05, 0.1) is 19.1 Å². The molecule has 8 heteroatoms. The summed E-state index contributed by atoms with van der Waals surface area (Å²) >= 11 is 5.94. The number of rotatable bonds is 7. The summed E-state index contributed by atoms with van der Waals surface area (Å²) in [5.74, 6) is -0.543. The molecule has 1 aromatic rings. The van der Waals surface area contributed by atoms with Crippen molar-refractivity contribution in [3.05, 3.63) is 34.9 Å². The Morgan fingerprint density at radius 3 is 2.92 bits per heavy atom. The molecule has 1 unspecified atom stereocenters. The fourth-order valence-corrected chi connectivity index (χ4v) is 2.62. The number of imide groups is 1. The van der Waals surface area contributed by atoms with Crippen LogP contribution >= 0.6 is 11.6 Å². The summed E-state index contributed by atoms with van der Waals surface area (Å²) < 4.78 is 4.83. The van der Waals surface area contributed by atoms with E-state index in [9.17, 15) is 14.4 Å². The average molecular weight is 354 g/mol. The van der Waals surface area contributed by atoms with Gasteiger partial charge in [0.1, 0.15) is 0 Å². The molecule has 1 saturated heterocycles. The quantitative estimate of drug-likeness (QED) is 0.727. The summed E-state index contributed by atoms with van der Waals surface area (Å²) in [4.78, 5) is 37.1. The van der Waals surface area contributed by atoms with Crippen LogP contribution in [0.1, 0.15) is 24.4 Å². The number of hydrogen-bond donors (Lipinski definition) is 2. The summed E-state index contributed by atoms with van der Waals surface area (Å²) in [7, 11) is 1.54. The lowest BCUT2D eigenvalue weighted by Crippen LogP contribution is -2.52. The highest BCUT2D eigenvalue weighted by Crippen LogP contribution is 2.24. The number of benzene rings is 1. The molecule has 0 radical (unpaired) electrons. The normalized spacial score (nSPS) is 17.6. The first kappa shape index (κ1) is 18.2. The molecule has 1 aliphatic rings. The van der Waals surface area contributed by atoms with Crippen molar-refractivity contribution in [2.45, 2.75) is 18.9 Å². The van der Waals surface area contributed by atoms with Crippen LogP contribution in [0.15, 0.2) is 24.3 Å². The number of nitrogens with zero attached hydrogens (tertiary/aromatic N) is 1. The molecule has 0 aliphatic carbocycles. The van der Waals surface area contributed by atoms with Crippen molar-refractivity contribution in [2.75, 3.05) is 26.8 Å². The van der Waals surface area contributed by atoms with Crippen LogP contribution in [0.2, 0.25) is 5.02 Å². The number of methoxy groups -OCH3 is 1. The van der Waals surface area contributed by atoms with E-state index < -0.39 is 12.1 Å². The number of ether oxygens (including phenoxy) is 1. The van der Waals surface area contributed by atoms with Gasteiger partial charge in [0.25, 0.3) is 0 Å². The van der Waals surface area contributed by atoms with E-state index >= 15 is 0 Å². The van der Waals surface area contributed by atoms with Gasteiger partial charge in [-0.05, 0) is 17.7 Å². The Morgan fingerprint density at radius 2 is 2.25 bits per heavy atom. The molecule has 0 spiro atoms. The molecule has 1 aliphatic heterocycles. The van der Waals surface area contributed by atoms with Gasteiger partial charge in [-0.3, -0.25) is 14.5 Å². The molecule has 1 atom stereocenters. The molecule has 0 saturated carbocycles. The van der Waals surface area contributed by atoms with Gasteiger partial charge in [-0.2, -0.15) is 0 Å². The smallest absolute Gasteiger partial charge is 0.324 e. The van der Waals surface area contributed by atoms with E-state index in [1.54, 1.807) is 25.3 Å². The largest absolute Gasteiger partial charge is 0.383 e. The third-order valence-corrected chi connectivity index (χ3v) is 3.90. The minimum atomic E-state index is -0.499. The highest BCUT2D eigenvalue weighted by Gasteiger charge is 2.32. The molecule has 2 rings (SSSR count). The predicted molar refractivity (Wildman–Crippen MR) is 88.6 cm³/mol. The predicted octanol–water partition coefficient (Wildman–Crippen LogP) is 1.48. The fraction of sp³-hybridized carbons (Fsp3) is 0.438. The third-order valence-electron chi connectivity index (χ3n) is 3.66. The molecule has 7 nitrogen and oxygen atoms in total. The van der Waals surface area contributed by atoms with Crippen molar-refractivity contribution < 1.29 is 19.1 Å². The zero-order valence-corrected chi connectivity index (χ0v) is 14.1. The van der Waals surface area contributed by atoms with Crippen molar-refractivity contribution >= 4 is 29.4 Å². The van der Waals surface area contributed by atoms with Gasteiger partial charge in [-0.25, -0.2) is 4.79 Å². The first-order valence-electron chi connectivity index (χ1n) is 7.63. The first-order chi connectivity index (χ1) is 11.5. The summed E-state index contributed by atoms with van der Waals surface area (Å²) in [5, 5.41) is 5.96. The summed E-state index contributed by atoms with van der Waals surface area (Å²) in [6.45, 7) is 0.855. The Kier molecular flexibility index (Phi) is 6.57. The van der Waals surface area contributed by atoms with Gasteiger partial charge < -0.3 is 15.4 Å². The molecule has 130 valence electrons. The molecule has 0 aromatic heterocycles. The Hall–Kier alpha value is -2.12. The lowest BCUT2D eigenvalue weighted by atomic mass is 10.0. The molecule has 0 bridgehead atoms. The van der Waals surface area contributed by atoms with E-state index in [2.05, 4.69) is 10.6 Å². The van der Waals surface area contributed by atoms with Gasteiger partial charge >= 0.3 is 6.03 Å². The molecule has 1 heterocycles. The summed E-state index contributed by atoms with van der Waals surface area (Å²) in [6, 6.07) is 6.12. The van der Waals surface area contributed by atoms with Crippen molar-refractivity contribution in [1.82, 2.24) is 15.5 Å². The third kappa shape index (κ3) is 4.94. The highest BCUT2D eigenvalue weighted by atomic mass is 35.5. The van der Waals surface area contributed by atoms with Crippen LogP contribution in [0.5, 0.6) is 0 Å². The van der Waals surface area contributed by atoms with Crippen LogP contribution in [-0.2, 0) is 14.3 Å². The summed E-state index contributed by atoms with van der Waals surface area (Å²) in [5.41, 5.74) is 0.779. The molecule has 1 aromatic carbocycles. The van der Waals surface area contributed by atoms with E-state index in [0.717, 1.165) is 10.5 Å². The number of carbonyl (C=O) groups is 3. The number of amides is 4. The monoisotopic (exact) mass is 353 g/mol. The van der Waals surface area contributed by atoms with Crippen molar-refractivity contribution in [1.29, 1.82) is 0 Å². The minimum absolute atomic E-state index is 0.0474. The van der Waals surface area contributed by atoms with E-state index in [1.807, 2.05) is 6.07 Å². The van der Waals surface area contributed by atoms with Crippen LogP contribution in [0.3, 0.4) is 0 Å². The van der Waals surface area contributed by atoms with Gasteiger partial charge in [0.15, 0.2) is 0 Å². The molecule has 24 heavy (non-hydrogen) atoms. The average Bonchev–Trinajstić information content (AvgIpc) is 2.54. The highest BCUT2D eigenvalue weighted by molar-refractivity contribution is 6.30. The van der Waals surface area contributed by atoms with E-state index in [1.165, 1.54) is 0 Å². The molecular weight excluding hydrogens is 334 g/mol. The SMILES string of the molecule is COCCNC(=O)CCN1C(=O)CC(c2cccc(Cl)c2)NC1=O. The maximum atomic E-state index is 12.2. The van der Waals surface area contributed by atoms with Crippen LogP contribution < -0.4 is 10.6 Å². The van der Waals surface area contributed by atoms with Crippen LogP contribution in [-0.4, -0.2) is 49.6 Å². The number of urea groups is 1. The molecule has 2 N–H and O–H groups in total. The van der Waals surface area contributed by atoms with Crippen LogP contribution in [0.25, 0.3) is 0 Å². The number of halogens is 1. The molecule has 1 fully saturated rings. The van der Waals surface area contributed by atoms with Crippen LogP contribution in [0, 0.1) is 0 Å². The Labute approximate surface area is 145 Å². The first-order valence-corrected chi connectivity index (χ1v) is 8.01. The second kappa shape index (κ2) is 8.65. The lowest BCUT2D eigenvalue weighted by molar-refractivity contribution is -0.130. The Balaban J connectivity index is 1.88.